The minimum Gasteiger partial charge on any atom is -0.481 e. The summed E-state index contributed by atoms with van der Waals surface area (Å²) in [6, 6.07) is 5.41. The maximum absolute atomic E-state index is 13.2. The number of amides is 1. The molecule has 0 aliphatic heterocycles. The van der Waals surface area contributed by atoms with Gasteiger partial charge in [-0.1, -0.05) is 18.6 Å². The van der Waals surface area contributed by atoms with Crippen LogP contribution in [0.1, 0.15) is 38.2 Å². The summed E-state index contributed by atoms with van der Waals surface area (Å²) in [6.07, 6.45) is 1.61. The molecule has 1 aliphatic rings. The molecule has 6 heteroatoms. The number of hydrogen-bond donors (Lipinski definition) is 2. The minimum atomic E-state index is -2.99. The molecule has 4 nitrogen and oxygen atoms in total. The molecule has 0 spiro atoms. The van der Waals surface area contributed by atoms with Crippen LogP contribution in [0.2, 0.25) is 0 Å². The van der Waals surface area contributed by atoms with E-state index in [-0.39, 0.29) is 17.7 Å². The Labute approximate surface area is 121 Å². The first kappa shape index (κ1) is 15.4. The summed E-state index contributed by atoms with van der Waals surface area (Å²) in [5, 5.41) is 11.7. The molecule has 0 saturated heterocycles. The third-order valence-corrected chi connectivity index (χ3v) is 3.92. The van der Waals surface area contributed by atoms with Crippen LogP contribution in [0.4, 0.5) is 14.5 Å². The number of carbonyl (C=O) groups excluding carboxylic acids is 1. The number of halogens is 2. The number of hydrogen-bond acceptors (Lipinski definition) is 2. The van der Waals surface area contributed by atoms with Gasteiger partial charge in [0.25, 0.3) is 5.92 Å². The molecule has 21 heavy (non-hydrogen) atoms. The summed E-state index contributed by atoms with van der Waals surface area (Å²) < 4.78 is 26.4. The first-order chi connectivity index (χ1) is 9.73. The molecule has 114 valence electrons. The molecule has 1 aliphatic carbocycles. The van der Waals surface area contributed by atoms with Crippen molar-refractivity contribution >= 4 is 17.6 Å². The van der Waals surface area contributed by atoms with E-state index in [1.807, 2.05) is 0 Å². The highest BCUT2D eigenvalue weighted by molar-refractivity contribution is 5.94. The lowest BCUT2D eigenvalue weighted by Gasteiger charge is -2.36. The molecule has 0 heterocycles. The SMILES string of the molecule is CC(F)(F)c1cccc(NC(=O)CC2(C(=O)O)CCC2)c1. The number of rotatable bonds is 5. The lowest BCUT2D eigenvalue weighted by molar-refractivity contribution is -0.157. The van der Waals surface area contributed by atoms with Gasteiger partial charge in [0.05, 0.1) is 5.41 Å². The molecule has 2 rings (SSSR count). The molecular formula is C15H17F2NO3. The van der Waals surface area contributed by atoms with Crippen LogP contribution >= 0.6 is 0 Å². The molecule has 0 atom stereocenters. The van der Waals surface area contributed by atoms with E-state index in [4.69, 9.17) is 0 Å². The van der Waals surface area contributed by atoms with Gasteiger partial charge in [-0.05, 0) is 25.0 Å². The van der Waals surface area contributed by atoms with E-state index in [1.54, 1.807) is 0 Å². The number of carbonyl (C=O) groups is 2. The Balaban J connectivity index is 2.05. The molecule has 1 aromatic rings. The molecule has 0 bridgehead atoms. The van der Waals surface area contributed by atoms with Gasteiger partial charge < -0.3 is 10.4 Å². The topological polar surface area (TPSA) is 66.4 Å². The molecule has 1 fully saturated rings. The zero-order valence-electron chi connectivity index (χ0n) is 11.7. The second kappa shape index (κ2) is 5.42. The highest BCUT2D eigenvalue weighted by atomic mass is 19.3. The van der Waals surface area contributed by atoms with Crippen LogP contribution in [0.25, 0.3) is 0 Å². The Morgan fingerprint density at radius 2 is 2.05 bits per heavy atom. The fraction of sp³-hybridized carbons (Fsp3) is 0.467. The predicted molar refractivity (Wildman–Crippen MR) is 73.2 cm³/mol. The Bertz CT molecular complexity index is 562. The van der Waals surface area contributed by atoms with Gasteiger partial charge in [-0.2, -0.15) is 0 Å². The van der Waals surface area contributed by atoms with Gasteiger partial charge in [0, 0.05) is 24.6 Å². The maximum atomic E-state index is 13.2. The van der Waals surface area contributed by atoms with E-state index < -0.39 is 23.2 Å². The smallest absolute Gasteiger partial charge is 0.310 e. The number of anilines is 1. The van der Waals surface area contributed by atoms with Gasteiger partial charge in [0.1, 0.15) is 0 Å². The van der Waals surface area contributed by atoms with Crippen molar-refractivity contribution in [3.05, 3.63) is 29.8 Å². The van der Waals surface area contributed by atoms with E-state index in [0.717, 1.165) is 13.3 Å². The van der Waals surface area contributed by atoms with Crippen LogP contribution in [0, 0.1) is 5.41 Å². The van der Waals surface area contributed by atoms with Crippen LogP contribution in [-0.4, -0.2) is 17.0 Å². The van der Waals surface area contributed by atoms with Gasteiger partial charge in [0.2, 0.25) is 5.91 Å². The molecule has 2 N–H and O–H groups in total. The molecular weight excluding hydrogens is 280 g/mol. The second-order valence-corrected chi connectivity index (χ2v) is 5.63. The lowest BCUT2D eigenvalue weighted by atomic mass is 9.66. The van der Waals surface area contributed by atoms with Crippen LogP contribution in [0.5, 0.6) is 0 Å². The highest BCUT2D eigenvalue weighted by Crippen LogP contribution is 2.44. The van der Waals surface area contributed by atoms with Gasteiger partial charge in [-0.3, -0.25) is 9.59 Å². The van der Waals surface area contributed by atoms with Gasteiger partial charge in [-0.15, -0.1) is 0 Å². The molecule has 1 aromatic carbocycles. The fourth-order valence-corrected chi connectivity index (χ4v) is 2.45. The molecule has 0 radical (unpaired) electrons. The Morgan fingerprint density at radius 1 is 1.38 bits per heavy atom. The summed E-state index contributed by atoms with van der Waals surface area (Å²) in [5.74, 6) is -4.43. The maximum Gasteiger partial charge on any atom is 0.310 e. The zero-order valence-corrected chi connectivity index (χ0v) is 11.7. The number of aliphatic carboxylic acids is 1. The Hall–Kier alpha value is -1.98. The standard InChI is InChI=1S/C15H17F2NO3/c1-14(16,17)10-4-2-5-11(8-10)18-12(19)9-15(13(20)21)6-3-7-15/h2,4-5,8H,3,6-7,9H2,1H3,(H,18,19)(H,20,21). The number of carboxylic acids is 1. The number of carboxylic acid groups (broad SMARTS) is 1. The zero-order chi connectivity index (χ0) is 15.7. The van der Waals surface area contributed by atoms with E-state index >= 15 is 0 Å². The minimum absolute atomic E-state index is 0.130. The van der Waals surface area contributed by atoms with Crippen molar-refractivity contribution in [2.24, 2.45) is 5.41 Å². The van der Waals surface area contributed by atoms with Crippen molar-refractivity contribution in [1.82, 2.24) is 0 Å². The van der Waals surface area contributed by atoms with E-state index in [0.29, 0.717) is 12.8 Å². The molecule has 1 amide bonds. The lowest BCUT2D eigenvalue weighted by Crippen LogP contribution is -2.41. The second-order valence-electron chi connectivity index (χ2n) is 5.63. The first-order valence-electron chi connectivity index (χ1n) is 6.75. The van der Waals surface area contributed by atoms with Crippen molar-refractivity contribution in [1.29, 1.82) is 0 Å². The highest BCUT2D eigenvalue weighted by Gasteiger charge is 2.45. The van der Waals surface area contributed by atoms with E-state index in [9.17, 15) is 23.5 Å². The van der Waals surface area contributed by atoms with Crippen molar-refractivity contribution in [2.45, 2.75) is 38.5 Å². The summed E-state index contributed by atoms with van der Waals surface area (Å²) >= 11 is 0. The van der Waals surface area contributed by atoms with Crippen molar-refractivity contribution in [3.63, 3.8) is 0 Å². The Kier molecular flexibility index (Phi) is 3.98. The predicted octanol–water partition coefficient (Wildman–Crippen LogP) is 3.38. The Morgan fingerprint density at radius 3 is 2.52 bits per heavy atom. The van der Waals surface area contributed by atoms with Gasteiger partial charge in [-0.25, -0.2) is 8.78 Å². The summed E-state index contributed by atoms with van der Waals surface area (Å²) in [5.41, 5.74) is -0.938. The monoisotopic (exact) mass is 297 g/mol. The third-order valence-electron chi connectivity index (χ3n) is 3.92. The average Bonchev–Trinajstić information content (AvgIpc) is 2.32. The summed E-state index contributed by atoms with van der Waals surface area (Å²) in [7, 11) is 0. The van der Waals surface area contributed by atoms with Crippen LogP contribution in [-0.2, 0) is 15.5 Å². The quantitative estimate of drug-likeness (QED) is 0.875. The molecule has 0 aromatic heterocycles. The first-order valence-corrected chi connectivity index (χ1v) is 6.75. The fourth-order valence-electron chi connectivity index (χ4n) is 2.45. The van der Waals surface area contributed by atoms with E-state index in [1.165, 1.54) is 24.3 Å². The van der Waals surface area contributed by atoms with Crippen LogP contribution in [0.15, 0.2) is 24.3 Å². The van der Waals surface area contributed by atoms with Crippen molar-refractivity contribution < 1.29 is 23.5 Å². The summed E-state index contributed by atoms with van der Waals surface area (Å²) in [4.78, 5) is 23.1. The van der Waals surface area contributed by atoms with Crippen molar-refractivity contribution in [2.75, 3.05) is 5.32 Å². The largest absolute Gasteiger partial charge is 0.481 e. The number of benzene rings is 1. The van der Waals surface area contributed by atoms with Crippen LogP contribution < -0.4 is 5.32 Å². The van der Waals surface area contributed by atoms with Gasteiger partial charge in [0.15, 0.2) is 0 Å². The molecule has 0 unspecified atom stereocenters. The summed E-state index contributed by atoms with van der Waals surface area (Å²) in [6.45, 7) is 0.779. The number of nitrogens with one attached hydrogen (secondary N) is 1. The molecule has 1 saturated carbocycles. The van der Waals surface area contributed by atoms with Gasteiger partial charge >= 0.3 is 5.97 Å². The van der Waals surface area contributed by atoms with Crippen molar-refractivity contribution in [3.8, 4) is 0 Å². The average molecular weight is 297 g/mol. The van der Waals surface area contributed by atoms with E-state index in [2.05, 4.69) is 5.32 Å². The third kappa shape index (κ3) is 3.37. The van der Waals surface area contributed by atoms with Crippen LogP contribution in [0.3, 0.4) is 0 Å². The number of alkyl halides is 2. The normalized spacial score (nSPS) is 16.9.